The Balaban J connectivity index is 2.08. The Morgan fingerprint density at radius 1 is 1.32 bits per heavy atom. The first-order valence-electron chi connectivity index (χ1n) is 7.19. The molecule has 0 saturated heterocycles. The van der Waals surface area contributed by atoms with Gasteiger partial charge in [0.1, 0.15) is 0 Å². The Labute approximate surface area is 148 Å². The Bertz CT molecular complexity index is 935. The van der Waals surface area contributed by atoms with Gasteiger partial charge in [-0.15, -0.1) is 11.3 Å². The molecule has 25 heavy (non-hydrogen) atoms. The Hall–Kier alpha value is -2.30. The normalized spacial score (nSPS) is 11.3. The molecule has 0 aliphatic heterocycles. The van der Waals surface area contributed by atoms with Crippen LogP contribution >= 0.6 is 11.3 Å². The summed E-state index contributed by atoms with van der Waals surface area (Å²) in [5.74, 6) is -1.54. The van der Waals surface area contributed by atoms with E-state index in [4.69, 9.17) is 10.2 Å². The molecule has 2 rings (SSSR count). The topological polar surface area (TPSA) is 139 Å². The summed E-state index contributed by atoms with van der Waals surface area (Å²) in [5.41, 5.74) is 1.31. The molecule has 0 aliphatic rings. The molecule has 134 valence electrons. The Morgan fingerprint density at radius 2 is 2.00 bits per heavy atom. The van der Waals surface area contributed by atoms with Gasteiger partial charge in [-0.05, 0) is 37.1 Å². The molecular weight excluding hydrogens is 366 g/mol. The molecule has 1 heterocycles. The van der Waals surface area contributed by atoms with Crippen LogP contribution in [0.2, 0.25) is 0 Å². The maximum absolute atomic E-state index is 12.2. The number of aromatic carboxylic acids is 1. The maximum Gasteiger partial charge on any atom is 0.355 e. The van der Waals surface area contributed by atoms with Crippen molar-refractivity contribution in [1.82, 2.24) is 10.3 Å². The van der Waals surface area contributed by atoms with E-state index in [1.54, 1.807) is 19.9 Å². The Kier molecular flexibility index (Phi) is 5.55. The molecule has 0 unspecified atom stereocenters. The molecule has 10 heteroatoms. The van der Waals surface area contributed by atoms with Gasteiger partial charge in [-0.2, -0.15) is 0 Å². The highest BCUT2D eigenvalue weighted by Crippen LogP contribution is 2.20. The highest BCUT2D eigenvalue weighted by atomic mass is 32.2. The first kappa shape index (κ1) is 19.0. The van der Waals surface area contributed by atoms with E-state index in [0.717, 1.165) is 0 Å². The quantitative estimate of drug-likeness (QED) is 0.682. The van der Waals surface area contributed by atoms with E-state index >= 15 is 0 Å². The number of primary sulfonamides is 1. The Morgan fingerprint density at radius 3 is 2.56 bits per heavy atom. The van der Waals surface area contributed by atoms with Crippen LogP contribution in [0, 0.1) is 13.8 Å². The fraction of sp³-hybridized carbons (Fsp3) is 0.267. The third-order valence-electron chi connectivity index (χ3n) is 3.58. The summed E-state index contributed by atoms with van der Waals surface area (Å²) in [7, 11) is -3.92. The zero-order valence-electron chi connectivity index (χ0n) is 13.6. The van der Waals surface area contributed by atoms with Crippen LogP contribution in [-0.2, 0) is 16.4 Å². The van der Waals surface area contributed by atoms with Crippen molar-refractivity contribution in [3.63, 3.8) is 0 Å². The number of amides is 1. The molecule has 0 fully saturated rings. The number of carbonyl (C=O) groups excluding carboxylic acids is 1. The van der Waals surface area contributed by atoms with Crippen LogP contribution in [0.3, 0.4) is 0 Å². The standard InChI is InChI=1S/C15H17N3O5S2/c1-8-5-10(6-12(9(8)2)25(16,22)23)14(19)17-4-3-13-18-11(7-24-13)15(20)21/h5-7H,3-4H2,1-2H3,(H,17,19)(H,20,21)(H2,16,22,23). The molecular formula is C15H17N3O5S2. The van der Waals surface area contributed by atoms with Gasteiger partial charge in [0.2, 0.25) is 10.0 Å². The van der Waals surface area contributed by atoms with Crippen molar-refractivity contribution < 1.29 is 23.1 Å². The molecule has 8 nitrogen and oxygen atoms in total. The molecule has 4 N–H and O–H groups in total. The van der Waals surface area contributed by atoms with Gasteiger partial charge in [-0.3, -0.25) is 4.79 Å². The number of carboxylic acids is 1. The number of nitrogens with zero attached hydrogens (tertiary/aromatic N) is 1. The van der Waals surface area contributed by atoms with Crippen molar-refractivity contribution in [2.45, 2.75) is 25.2 Å². The van der Waals surface area contributed by atoms with E-state index < -0.39 is 21.9 Å². The van der Waals surface area contributed by atoms with Crippen LogP contribution in [0.4, 0.5) is 0 Å². The van der Waals surface area contributed by atoms with Gasteiger partial charge in [0.05, 0.1) is 9.90 Å². The minimum atomic E-state index is -3.92. The molecule has 0 atom stereocenters. The van der Waals surface area contributed by atoms with Gasteiger partial charge in [0.25, 0.3) is 5.91 Å². The van der Waals surface area contributed by atoms with Crippen molar-refractivity contribution >= 4 is 33.2 Å². The molecule has 0 radical (unpaired) electrons. The van der Waals surface area contributed by atoms with Crippen LogP contribution in [0.1, 0.15) is 37.0 Å². The molecule has 1 aromatic heterocycles. The third kappa shape index (κ3) is 4.62. The number of carbonyl (C=O) groups is 2. The predicted molar refractivity (Wildman–Crippen MR) is 92.4 cm³/mol. The minimum absolute atomic E-state index is 0.0294. The lowest BCUT2D eigenvalue weighted by atomic mass is 10.1. The molecule has 1 amide bonds. The molecule has 0 aliphatic carbocycles. The lowest BCUT2D eigenvalue weighted by molar-refractivity contribution is 0.0690. The summed E-state index contributed by atoms with van der Waals surface area (Å²) in [6.07, 6.45) is 0.372. The number of aryl methyl sites for hydroxylation is 1. The van der Waals surface area contributed by atoms with Crippen molar-refractivity contribution in [3.8, 4) is 0 Å². The number of hydrogen-bond acceptors (Lipinski definition) is 6. The number of thiazole rings is 1. The first-order valence-corrected chi connectivity index (χ1v) is 9.62. The lowest BCUT2D eigenvalue weighted by Gasteiger charge is -2.11. The van der Waals surface area contributed by atoms with Gasteiger partial charge < -0.3 is 10.4 Å². The number of benzene rings is 1. The third-order valence-corrected chi connectivity index (χ3v) is 5.53. The van der Waals surface area contributed by atoms with Gasteiger partial charge in [-0.25, -0.2) is 23.3 Å². The lowest BCUT2D eigenvalue weighted by Crippen LogP contribution is -2.26. The molecule has 0 bridgehead atoms. The summed E-state index contributed by atoms with van der Waals surface area (Å²) in [6.45, 7) is 3.56. The van der Waals surface area contributed by atoms with E-state index in [2.05, 4.69) is 10.3 Å². The van der Waals surface area contributed by atoms with Gasteiger partial charge in [-0.1, -0.05) is 0 Å². The van der Waals surface area contributed by atoms with E-state index in [1.165, 1.54) is 22.8 Å². The number of nitrogens with one attached hydrogen (secondary N) is 1. The fourth-order valence-corrected chi connectivity index (χ4v) is 3.81. The van der Waals surface area contributed by atoms with E-state index in [1.807, 2.05) is 0 Å². The SMILES string of the molecule is Cc1cc(C(=O)NCCc2nc(C(=O)O)cs2)cc(S(N)(=O)=O)c1C. The number of sulfonamides is 1. The van der Waals surface area contributed by atoms with Crippen molar-refractivity contribution in [2.24, 2.45) is 5.14 Å². The van der Waals surface area contributed by atoms with Crippen LogP contribution in [0.25, 0.3) is 0 Å². The van der Waals surface area contributed by atoms with Crippen LogP contribution in [0.15, 0.2) is 22.4 Å². The molecule has 1 aromatic carbocycles. The number of hydrogen-bond donors (Lipinski definition) is 3. The molecule has 0 spiro atoms. The smallest absolute Gasteiger partial charge is 0.355 e. The highest BCUT2D eigenvalue weighted by molar-refractivity contribution is 7.89. The van der Waals surface area contributed by atoms with Gasteiger partial charge in [0.15, 0.2) is 5.69 Å². The average molecular weight is 383 g/mol. The monoisotopic (exact) mass is 383 g/mol. The maximum atomic E-state index is 12.2. The second-order valence-corrected chi connectivity index (χ2v) is 7.87. The second kappa shape index (κ2) is 7.30. The van der Waals surface area contributed by atoms with Crippen molar-refractivity contribution in [2.75, 3.05) is 6.54 Å². The summed E-state index contributed by atoms with van der Waals surface area (Å²) in [4.78, 5) is 26.8. The number of nitrogens with two attached hydrogens (primary N) is 1. The average Bonchev–Trinajstić information content (AvgIpc) is 2.97. The number of aromatic nitrogens is 1. The van der Waals surface area contributed by atoms with Crippen LogP contribution < -0.4 is 10.5 Å². The molecule has 2 aromatic rings. The second-order valence-electron chi connectivity index (χ2n) is 5.40. The van der Waals surface area contributed by atoms with Crippen LogP contribution in [-0.4, -0.2) is 36.9 Å². The minimum Gasteiger partial charge on any atom is -0.476 e. The number of carboxylic acid groups (broad SMARTS) is 1. The van der Waals surface area contributed by atoms with Gasteiger partial charge in [0, 0.05) is 23.9 Å². The van der Waals surface area contributed by atoms with Gasteiger partial charge >= 0.3 is 5.97 Å². The molecule has 0 saturated carbocycles. The summed E-state index contributed by atoms with van der Waals surface area (Å²) in [5, 5.41) is 18.7. The summed E-state index contributed by atoms with van der Waals surface area (Å²) < 4.78 is 23.3. The van der Waals surface area contributed by atoms with E-state index in [-0.39, 0.29) is 22.7 Å². The largest absolute Gasteiger partial charge is 0.476 e. The van der Waals surface area contributed by atoms with E-state index in [9.17, 15) is 18.0 Å². The van der Waals surface area contributed by atoms with E-state index in [0.29, 0.717) is 22.6 Å². The summed E-state index contributed by atoms with van der Waals surface area (Å²) >= 11 is 1.20. The predicted octanol–water partition coefficient (Wildman–Crippen LogP) is 1.08. The zero-order chi connectivity index (χ0) is 18.8. The summed E-state index contributed by atoms with van der Waals surface area (Å²) in [6, 6.07) is 2.84. The fourth-order valence-electron chi connectivity index (χ4n) is 2.16. The van der Waals surface area contributed by atoms with Crippen molar-refractivity contribution in [1.29, 1.82) is 0 Å². The van der Waals surface area contributed by atoms with Crippen molar-refractivity contribution in [3.05, 3.63) is 44.9 Å². The first-order chi connectivity index (χ1) is 11.6. The number of rotatable bonds is 6. The zero-order valence-corrected chi connectivity index (χ0v) is 15.2. The highest BCUT2D eigenvalue weighted by Gasteiger charge is 2.17. The van der Waals surface area contributed by atoms with Crippen LogP contribution in [0.5, 0.6) is 0 Å².